The van der Waals surface area contributed by atoms with Crippen molar-refractivity contribution in [2.24, 2.45) is 5.73 Å². The van der Waals surface area contributed by atoms with Gasteiger partial charge in [0.25, 0.3) is 0 Å². The summed E-state index contributed by atoms with van der Waals surface area (Å²) in [4.78, 5) is 35.6. The second kappa shape index (κ2) is 16.6. The van der Waals surface area contributed by atoms with Crippen molar-refractivity contribution in [2.75, 3.05) is 33.2 Å². The van der Waals surface area contributed by atoms with Crippen molar-refractivity contribution < 1.29 is 72.6 Å². The Kier molecular flexibility index (Phi) is 11.7. The van der Waals surface area contributed by atoms with Crippen LogP contribution in [0.1, 0.15) is 80.6 Å². The first-order chi connectivity index (χ1) is 25.8. The number of aliphatic carboxylic acids is 1. The van der Waals surface area contributed by atoms with Gasteiger partial charge >= 0.3 is 11.9 Å². The zero-order valence-corrected chi connectivity index (χ0v) is 29.5. The largest absolute Gasteiger partial charge is 0.492 e. The van der Waals surface area contributed by atoms with E-state index in [0.717, 1.165) is 48.1 Å². The number of carbonyl (C=O) groups excluding carboxylic acids is 1. The van der Waals surface area contributed by atoms with Crippen LogP contribution in [0.25, 0.3) is 0 Å². The Morgan fingerprint density at radius 1 is 0.981 bits per heavy atom. The Morgan fingerprint density at radius 3 is 2.58 bits per heavy atom. The quantitative estimate of drug-likeness (QED) is 0.0678. The highest BCUT2D eigenvalue weighted by Crippen LogP contribution is 2.55. The Hall–Kier alpha value is -3.90. The van der Waals surface area contributed by atoms with Gasteiger partial charge in [-0.2, -0.15) is 4.89 Å². The summed E-state index contributed by atoms with van der Waals surface area (Å²) in [7, 11) is 0. The lowest BCUT2D eigenvalue weighted by atomic mass is 9.87. The molecule has 7 rings (SSSR count). The van der Waals surface area contributed by atoms with Crippen molar-refractivity contribution in [3.63, 3.8) is 0 Å². The molecule has 2 aromatic carbocycles. The number of rotatable bonds is 15. The van der Waals surface area contributed by atoms with Crippen molar-refractivity contribution >= 4 is 11.9 Å². The fourth-order valence-electron chi connectivity index (χ4n) is 7.68. The Labute approximate surface area is 306 Å². The zero-order chi connectivity index (χ0) is 37.1. The molecule has 2 aromatic rings. The number of aliphatic hydroxyl groups is 2. The van der Waals surface area contributed by atoms with E-state index >= 15 is 0 Å². The number of carbonyl (C=O) groups is 2. The minimum absolute atomic E-state index is 0.0321. The van der Waals surface area contributed by atoms with Crippen molar-refractivity contribution in [2.45, 2.75) is 113 Å². The summed E-state index contributed by atoms with van der Waals surface area (Å²) in [5.74, 6) is 0.641. The van der Waals surface area contributed by atoms with E-state index in [0.29, 0.717) is 36.0 Å². The first-order valence-electron chi connectivity index (χ1n) is 18.3. The van der Waals surface area contributed by atoms with Crippen LogP contribution in [0.3, 0.4) is 0 Å². The highest BCUT2D eigenvalue weighted by Gasteiger charge is 2.54. The fraction of sp³-hybridized carbons (Fsp3) is 0.622. The maximum absolute atomic E-state index is 12.4. The van der Waals surface area contributed by atoms with E-state index in [-0.39, 0.29) is 51.4 Å². The maximum Gasteiger partial charge on any atom is 0.317 e. The molecule has 2 fully saturated rings. The third-order valence-corrected chi connectivity index (χ3v) is 10.2. The molecule has 0 amide bonds. The SMILES string of the molecule is CCCCCc1cc(OO[C@H]2[C@H](OCCN)O[C@H]3[C@@H](O[C@@H](CCO)CC[C@@H]3OC(=O)CC(=O)O)[C@@H]2O)cc2c1OC[C@@H]1c3cc4c(cc3O[C@H]21)OCO4. The minimum Gasteiger partial charge on any atom is -0.492 e. The van der Waals surface area contributed by atoms with Gasteiger partial charge in [0.1, 0.15) is 48.4 Å². The molecule has 16 nitrogen and oxygen atoms in total. The van der Waals surface area contributed by atoms with E-state index in [1.54, 1.807) is 6.07 Å². The van der Waals surface area contributed by atoms with Crippen LogP contribution in [-0.4, -0.2) is 103 Å². The number of aryl methyl sites for hydroxylation is 1. The molecule has 0 bridgehead atoms. The summed E-state index contributed by atoms with van der Waals surface area (Å²) in [5, 5.41) is 30.6. The molecule has 0 aliphatic carbocycles. The van der Waals surface area contributed by atoms with Gasteiger partial charge in [0.15, 0.2) is 29.6 Å². The number of nitrogens with two attached hydrogens (primary N) is 1. The molecule has 0 saturated carbocycles. The molecule has 5 heterocycles. The number of benzene rings is 2. The number of hydrogen-bond acceptors (Lipinski definition) is 15. The molecule has 290 valence electrons. The molecule has 0 radical (unpaired) electrons. The van der Waals surface area contributed by atoms with Gasteiger partial charge < -0.3 is 63.8 Å². The van der Waals surface area contributed by atoms with Crippen LogP contribution >= 0.6 is 0 Å². The number of ether oxygens (including phenoxy) is 8. The van der Waals surface area contributed by atoms with E-state index in [1.807, 2.05) is 18.2 Å². The van der Waals surface area contributed by atoms with E-state index in [1.165, 1.54) is 0 Å². The molecular formula is C37H47NO15. The van der Waals surface area contributed by atoms with Crippen LogP contribution in [0.2, 0.25) is 0 Å². The molecule has 2 saturated heterocycles. The van der Waals surface area contributed by atoms with E-state index < -0.39 is 61.3 Å². The molecule has 0 unspecified atom stereocenters. The highest BCUT2D eigenvalue weighted by molar-refractivity contribution is 5.90. The number of aliphatic hydroxyl groups excluding tert-OH is 2. The molecule has 16 heteroatoms. The summed E-state index contributed by atoms with van der Waals surface area (Å²) in [6, 6.07) is 7.44. The normalized spacial score (nSPS) is 29.4. The second-order valence-corrected chi connectivity index (χ2v) is 13.8. The summed E-state index contributed by atoms with van der Waals surface area (Å²) in [6.07, 6.45) is -4.35. The molecule has 5 N–H and O–H groups in total. The molecule has 0 aromatic heterocycles. The predicted molar refractivity (Wildman–Crippen MR) is 181 cm³/mol. The number of hydrogen-bond donors (Lipinski definition) is 4. The minimum atomic E-state index is -1.44. The smallest absolute Gasteiger partial charge is 0.317 e. The van der Waals surface area contributed by atoms with E-state index in [9.17, 15) is 19.8 Å². The average Bonchev–Trinajstić information content (AvgIpc) is 3.70. The lowest BCUT2D eigenvalue weighted by Gasteiger charge is -2.44. The predicted octanol–water partition coefficient (Wildman–Crippen LogP) is 2.81. The van der Waals surface area contributed by atoms with Crippen molar-refractivity contribution in [3.8, 4) is 28.7 Å². The monoisotopic (exact) mass is 745 g/mol. The number of fused-ring (bicyclic) bond motifs is 7. The molecular weight excluding hydrogens is 698 g/mol. The van der Waals surface area contributed by atoms with Crippen LogP contribution in [-0.2, 0) is 39.8 Å². The summed E-state index contributed by atoms with van der Waals surface area (Å²) in [6.45, 7) is 2.68. The topological polar surface area (TPSA) is 213 Å². The van der Waals surface area contributed by atoms with Crippen LogP contribution in [0.15, 0.2) is 24.3 Å². The summed E-state index contributed by atoms with van der Waals surface area (Å²) in [5.41, 5.74) is 8.42. The lowest BCUT2D eigenvalue weighted by molar-refractivity contribution is -0.379. The Morgan fingerprint density at radius 2 is 1.81 bits per heavy atom. The van der Waals surface area contributed by atoms with Crippen LogP contribution < -0.4 is 29.6 Å². The van der Waals surface area contributed by atoms with Crippen LogP contribution in [0.5, 0.6) is 28.7 Å². The molecule has 0 spiro atoms. The van der Waals surface area contributed by atoms with Gasteiger partial charge in [-0.05, 0) is 55.9 Å². The number of unbranched alkanes of at least 4 members (excludes halogenated alkanes) is 2. The zero-order valence-electron chi connectivity index (χ0n) is 29.5. The van der Waals surface area contributed by atoms with E-state index in [4.69, 9.17) is 58.5 Å². The lowest BCUT2D eigenvalue weighted by Crippen LogP contribution is -2.63. The van der Waals surface area contributed by atoms with Crippen molar-refractivity contribution in [1.82, 2.24) is 0 Å². The fourth-order valence-corrected chi connectivity index (χ4v) is 7.68. The highest BCUT2D eigenvalue weighted by atomic mass is 17.2. The molecule has 5 aliphatic rings. The standard InChI is InChI=1S/C37H47NO15/c1-2-3-4-5-19-12-21(13-23-32(19)45-17-24-22-14-27-28(47-18-46-27)15-26(22)50-33(23)24)52-53-36-31(43)35-34(51-37(36)44-11-9-38)25(49-30(42)16-29(40)41)7-6-20(48-35)8-10-39/h12-15,20,24-25,31,33-37,39,43H,2-11,16-18,38H2,1H3,(H,40,41)/t20-,24-,25+,31+,33-,34-,35+,36-,37-/m1/s1. The van der Waals surface area contributed by atoms with Gasteiger partial charge in [-0.15, -0.1) is 0 Å². The third kappa shape index (κ3) is 7.99. The third-order valence-electron chi connectivity index (χ3n) is 10.2. The first-order valence-corrected chi connectivity index (χ1v) is 18.3. The molecule has 9 atom stereocenters. The van der Waals surface area contributed by atoms with Crippen LogP contribution in [0.4, 0.5) is 0 Å². The van der Waals surface area contributed by atoms with Gasteiger partial charge in [0.05, 0.1) is 25.2 Å². The first kappa shape index (κ1) is 37.4. The maximum atomic E-state index is 12.4. The van der Waals surface area contributed by atoms with Crippen molar-refractivity contribution in [1.29, 1.82) is 0 Å². The Balaban J connectivity index is 1.15. The van der Waals surface area contributed by atoms with Crippen molar-refractivity contribution in [3.05, 3.63) is 41.0 Å². The van der Waals surface area contributed by atoms with Gasteiger partial charge in [0, 0.05) is 30.3 Å². The Bertz CT molecular complexity index is 1620. The average molecular weight is 746 g/mol. The summed E-state index contributed by atoms with van der Waals surface area (Å²) >= 11 is 0. The van der Waals surface area contributed by atoms with Gasteiger partial charge in [0.2, 0.25) is 6.79 Å². The number of esters is 1. The van der Waals surface area contributed by atoms with Gasteiger partial charge in [-0.1, -0.05) is 19.8 Å². The number of carboxylic acid groups (broad SMARTS) is 1. The summed E-state index contributed by atoms with van der Waals surface area (Å²) < 4.78 is 48.1. The van der Waals surface area contributed by atoms with Gasteiger partial charge in [-0.3, -0.25) is 9.59 Å². The number of carboxylic acids is 1. The van der Waals surface area contributed by atoms with E-state index in [2.05, 4.69) is 6.92 Å². The molecule has 5 aliphatic heterocycles. The van der Waals surface area contributed by atoms with Gasteiger partial charge in [-0.25, -0.2) is 0 Å². The second-order valence-electron chi connectivity index (χ2n) is 13.8. The van der Waals surface area contributed by atoms with Crippen LogP contribution in [0, 0.1) is 0 Å². The molecule has 53 heavy (non-hydrogen) atoms.